The summed E-state index contributed by atoms with van der Waals surface area (Å²) in [6, 6.07) is 8.91. The summed E-state index contributed by atoms with van der Waals surface area (Å²) in [5.74, 6) is 0.527. The van der Waals surface area contributed by atoms with Gasteiger partial charge in [-0.15, -0.1) is 10.2 Å². The van der Waals surface area contributed by atoms with Crippen LogP contribution in [0.25, 0.3) is 5.65 Å². The third-order valence-corrected chi connectivity index (χ3v) is 3.78. The smallest absolute Gasteiger partial charge is 0.309 e. The van der Waals surface area contributed by atoms with Gasteiger partial charge in [0.25, 0.3) is 0 Å². The zero-order valence-electron chi connectivity index (χ0n) is 14.6. The van der Waals surface area contributed by atoms with E-state index in [0.29, 0.717) is 34.3 Å². The number of azo groups is 1. The highest BCUT2D eigenvalue weighted by Gasteiger charge is 2.15. The maximum atomic E-state index is 11.2. The lowest BCUT2D eigenvalue weighted by atomic mass is 10.3. The fourth-order valence-electron chi connectivity index (χ4n) is 2.52. The molecular weight excluding hydrogens is 336 g/mol. The van der Waals surface area contributed by atoms with Crippen LogP contribution in [-0.2, 0) is 11.2 Å². The van der Waals surface area contributed by atoms with Crippen LogP contribution in [-0.4, -0.2) is 34.7 Å². The van der Waals surface area contributed by atoms with Crippen molar-refractivity contribution in [2.45, 2.75) is 13.3 Å². The largest absolute Gasteiger partial charge is 0.497 e. The molecule has 8 heteroatoms. The van der Waals surface area contributed by atoms with Crippen molar-refractivity contribution < 1.29 is 19.4 Å². The van der Waals surface area contributed by atoms with Crippen LogP contribution in [0.5, 0.6) is 11.5 Å². The number of fused-ring (bicyclic) bond motifs is 1. The van der Waals surface area contributed by atoms with Gasteiger partial charge in [0.2, 0.25) is 0 Å². The Labute approximate surface area is 149 Å². The number of nitrogens with zero attached hydrogens (tertiary/aromatic N) is 4. The molecule has 26 heavy (non-hydrogen) atoms. The quantitative estimate of drug-likeness (QED) is 0.681. The Kier molecular flexibility index (Phi) is 4.83. The van der Waals surface area contributed by atoms with Crippen molar-refractivity contribution in [2.75, 3.05) is 14.2 Å². The van der Waals surface area contributed by atoms with E-state index in [-0.39, 0.29) is 6.42 Å². The number of pyridine rings is 1. The summed E-state index contributed by atoms with van der Waals surface area (Å²) >= 11 is 0. The predicted octanol–water partition coefficient (Wildman–Crippen LogP) is 3.70. The Bertz CT molecular complexity index is 994. The van der Waals surface area contributed by atoms with Crippen LogP contribution in [0.1, 0.15) is 11.3 Å². The molecule has 0 aliphatic carbocycles. The molecule has 1 N–H and O–H groups in total. The van der Waals surface area contributed by atoms with Gasteiger partial charge in [0.05, 0.1) is 26.3 Å². The minimum atomic E-state index is -0.983. The van der Waals surface area contributed by atoms with E-state index < -0.39 is 5.97 Å². The number of hydrogen-bond donors (Lipinski definition) is 1. The van der Waals surface area contributed by atoms with E-state index in [1.54, 1.807) is 35.9 Å². The number of carbonyl (C=O) groups is 1. The predicted molar refractivity (Wildman–Crippen MR) is 95.0 cm³/mol. The topological polar surface area (TPSA) is 97.8 Å². The molecule has 8 nitrogen and oxygen atoms in total. The number of hydrogen-bond acceptors (Lipinski definition) is 6. The van der Waals surface area contributed by atoms with Crippen LogP contribution >= 0.6 is 0 Å². The molecule has 0 fully saturated rings. The van der Waals surface area contributed by atoms with Crippen LogP contribution in [0, 0.1) is 6.92 Å². The van der Waals surface area contributed by atoms with Crippen molar-refractivity contribution >= 4 is 23.1 Å². The van der Waals surface area contributed by atoms with Gasteiger partial charge in [0, 0.05) is 12.3 Å². The molecule has 2 aromatic heterocycles. The summed E-state index contributed by atoms with van der Waals surface area (Å²) in [7, 11) is 3.09. The third kappa shape index (κ3) is 3.49. The Hall–Kier alpha value is -3.42. The van der Waals surface area contributed by atoms with E-state index in [1.807, 2.05) is 19.1 Å². The Balaban J connectivity index is 2.07. The first-order valence-electron chi connectivity index (χ1n) is 7.85. The first-order valence-corrected chi connectivity index (χ1v) is 7.85. The van der Waals surface area contributed by atoms with Gasteiger partial charge in [-0.05, 0) is 36.8 Å². The molecule has 0 aliphatic heterocycles. The lowest BCUT2D eigenvalue weighted by molar-refractivity contribution is -0.136. The number of imidazole rings is 1. The van der Waals surface area contributed by atoms with E-state index in [1.165, 1.54) is 7.11 Å². The number of benzene rings is 1. The van der Waals surface area contributed by atoms with Crippen molar-refractivity contribution in [1.29, 1.82) is 0 Å². The van der Waals surface area contributed by atoms with Crippen molar-refractivity contribution in [3.8, 4) is 11.5 Å². The maximum absolute atomic E-state index is 11.2. The first kappa shape index (κ1) is 17.4. The van der Waals surface area contributed by atoms with Crippen molar-refractivity contribution in [1.82, 2.24) is 9.38 Å². The summed E-state index contributed by atoms with van der Waals surface area (Å²) in [5, 5.41) is 17.6. The molecule has 3 rings (SSSR count). The fraction of sp³-hybridized carbons (Fsp3) is 0.222. The van der Waals surface area contributed by atoms with Gasteiger partial charge in [-0.25, -0.2) is 4.98 Å². The maximum Gasteiger partial charge on any atom is 0.309 e. The summed E-state index contributed by atoms with van der Waals surface area (Å²) in [6.07, 6.45) is 1.55. The molecule has 0 saturated carbocycles. The van der Waals surface area contributed by atoms with Crippen molar-refractivity contribution in [3.05, 3.63) is 47.8 Å². The van der Waals surface area contributed by atoms with Crippen LogP contribution < -0.4 is 9.47 Å². The second kappa shape index (κ2) is 7.22. The lowest BCUT2D eigenvalue weighted by Crippen LogP contribution is -2.00. The minimum Gasteiger partial charge on any atom is -0.497 e. The number of ether oxygens (including phenoxy) is 2. The summed E-state index contributed by atoms with van der Waals surface area (Å²) < 4.78 is 12.2. The number of carboxylic acid groups (broad SMARTS) is 1. The molecule has 2 heterocycles. The second-order valence-electron chi connectivity index (χ2n) is 5.62. The van der Waals surface area contributed by atoms with E-state index in [0.717, 1.165) is 5.56 Å². The molecule has 0 aliphatic rings. The Morgan fingerprint density at radius 3 is 2.69 bits per heavy atom. The van der Waals surface area contributed by atoms with E-state index in [4.69, 9.17) is 14.6 Å². The minimum absolute atomic E-state index is 0.241. The number of aliphatic carboxylic acids is 1. The first-order chi connectivity index (χ1) is 12.5. The van der Waals surface area contributed by atoms with Gasteiger partial charge in [0.1, 0.15) is 22.8 Å². The fourth-order valence-corrected chi connectivity index (χ4v) is 2.52. The Morgan fingerprint density at radius 2 is 2.00 bits per heavy atom. The molecule has 3 aromatic rings. The van der Waals surface area contributed by atoms with Gasteiger partial charge in [-0.1, -0.05) is 0 Å². The summed E-state index contributed by atoms with van der Waals surface area (Å²) in [4.78, 5) is 15.5. The molecule has 0 spiro atoms. The summed E-state index contributed by atoms with van der Waals surface area (Å²) in [6.45, 7) is 1.94. The average Bonchev–Trinajstić information content (AvgIpc) is 2.95. The normalized spacial score (nSPS) is 11.2. The van der Waals surface area contributed by atoms with Gasteiger partial charge in [-0.2, -0.15) is 0 Å². The molecule has 1 aromatic carbocycles. The third-order valence-electron chi connectivity index (χ3n) is 3.78. The van der Waals surface area contributed by atoms with Gasteiger partial charge >= 0.3 is 5.97 Å². The highest BCUT2D eigenvalue weighted by atomic mass is 16.5. The van der Waals surface area contributed by atoms with Crippen LogP contribution in [0.3, 0.4) is 0 Å². The zero-order valence-corrected chi connectivity index (χ0v) is 14.6. The average molecular weight is 354 g/mol. The number of aromatic nitrogens is 2. The van der Waals surface area contributed by atoms with E-state index in [2.05, 4.69) is 15.2 Å². The zero-order chi connectivity index (χ0) is 18.7. The van der Waals surface area contributed by atoms with Gasteiger partial charge < -0.3 is 14.6 Å². The molecule has 134 valence electrons. The number of aryl methyl sites for hydroxylation is 1. The van der Waals surface area contributed by atoms with Gasteiger partial charge in [0.15, 0.2) is 5.82 Å². The SMILES string of the molecule is COc1ccc(N=Nc2c(CC(=O)O)nc3cc(C)ccn23)c(OC)c1. The lowest BCUT2D eigenvalue weighted by Gasteiger charge is -2.06. The van der Waals surface area contributed by atoms with Crippen LogP contribution in [0.2, 0.25) is 0 Å². The number of rotatable bonds is 6. The highest BCUT2D eigenvalue weighted by molar-refractivity contribution is 5.72. The number of methoxy groups -OCH3 is 2. The van der Waals surface area contributed by atoms with Crippen molar-refractivity contribution in [3.63, 3.8) is 0 Å². The molecule has 0 amide bonds. The van der Waals surface area contributed by atoms with Crippen LogP contribution in [0.15, 0.2) is 46.8 Å². The molecule has 0 atom stereocenters. The highest BCUT2D eigenvalue weighted by Crippen LogP contribution is 2.33. The standard InChI is InChI=1S/C18H18N4O4/c1-11-6-7-22-16(8-11)19-14(10-17(23)24)18(22)21-20-13-5-4-12(25-2)9-15(13)26-3/h4-9H,10H2,1-3H3,(H,23,24). The van der Waals surface area contributed by atoms with E-state index in [9.17, 15) is 4.79 Å². The van der Waals surface area contributed by atoms with Gasteiger partial charge in [-0.3, -0.25) is 9.20 Å². The van der Waals surface area contributed by atoms with Crippen molar-refractivity contribution in [2.24, 2.45) is 10.2 Å². The molecular formula is C18H18N4O4. The second-order valence-corrected chi connectivity index (χ2v) is 5.62. The molecule has 0 radical (unpaired) electrons. The monoisotopic (exact) mass is 354 g/mol. The Morgan fingerprint density at radius 1 is 1.19 bits per heavy atom. The molecule has 0 unspecified atom stereocenters. The van der Waals surface area contributed by atoms with E-state index >= 15 is 0 Å². The van der Waals surface area contributed by atoms with Crippen LogP contribution in [0.4, 0.5) is 11.5 Å². The molecule has 0 saturated heterocycles. The summed E-state index contributed by atoms with van der Waals surface area (Å²) in [5.41, 5.74) is 2.48. The number of carboxylic acids is 1. The molecule has 0 bridgehead atoms.